The molecule has 0 atom stereocenters. The molecule has 0 unspecified atom stereocenters. The van der Waals surface area contributed by atoms with Crippen LogP contribution in [0.5, 0.6) is 0 Å². The number of aromatic amines is 2. The number of aliphatic hydroxyl groups is 1. The third-order valence-corrected chi connectivity index (χ3v) is 3.42. The van der Waals surface area contributed by atoms with Gasteiger partial charge in [-0.25, -0.2) is 24.4 Å². The molecular weight excluding hydrogens is 210 g/mol. The molecule has 6 nitrogen and oxygen atoms in total. The van der Waals surface area contributed by atoms with Crippen molar-refractivity contribution < 1.29 is 5.11 Å². The van der Waals surface area contributed by atoms with Gasteiger partial charge in [-0.05, 0) is 31.6 Å². The van der Waals surface area contributed by atoms with Crippen LogP contribution in [0, 0.1) is 5.92 Å². The van der Waals surface area contributed by atoms with Crippen LogP contribution in [-0.4, -0.2) is 25.5 Å². The second-order valence-corrected chi connectivity index (χ2v) is 4.85. The number of hydrogen-bond acceptors (Lipinski definition) is 3. The van der Waals surface area contributed by atoms with Crippen molar-refractivity contribution in [3.05, 3.63) is 21.0 Å². The lowest BCUT2D eigenvalue weighted by molar-refractivity contribution is -0.0231. The highest BCUT2D eigenvalue weighted by molar-refractivity contribution is 4.85. The molecule has 16 heavy (non-hydrogen) atoms. The SMILES string of the molecule is CC1CCC(O)(Cn2c(=O)[nH][nH]c2=O)CC1. The summed E-state index contributed by atoms with van der Waals surface area (Å²) in [5.41, 5.74) is -1.89. The standard InChI is InChI=1S/C10H17N3O3/c1-7-2-4-10(16,5-3-7)6-13-8(14)11-12-9(13)15/h7,16H,2-6H2,1H3,(H,11,14)(H,12,15). The van der Waals surface area contributed by atoms with Crippen molar-refractivity contribution in [2.75, 3.05) is 0 Å². The monoisotopic (exact) mass is 227 g/mol. The third-order valence-electron chi connectivity index (χ3n) is 3.42. The molecule has 90 valence electrons. The zero-order valence-electron chi connectivity index (χ0n) is 9.32. The van der Waals surface area contributed by atoms with Gasteiger partial charge in [0.1, 0.15) is 0 Å². The molecule has 0 aromatic carbocycles. The molecule has 0 spiro atoms. The Morgan fingerprint density at radius 2 is 1.81 bits per heavy atom. The highest BCUT2D eigenvalue weighted by Gasteiger charge is 2.33. The molecule has 3 N–H and O–H groups in total. The summed E-state index contributed by atoms with van der Waals surface area (Å²) in [6, 6.07) is 0. The summed E-state index contributed by atoms with van der Waals surface area (Å²) in [6.45, 7) is 2.23. The predicted molar refractivity (Wildman–Crippen MR) is 58.3 cm³/mol. The number of aromatic nitrogens is 3. The molecule has 0 amide bonds. The smallest absolute Gasteiger partial charge is 0.344 e. The second kappa shape index (κ2) is 3.93. The zero-order chi connectivity index (χ0) is 11.8. The maximum Gasteiger partial charge on any atom is 0.344 e. The van der Waals surface area contributed by atoms with Crippen molar-refractivity contribution in [3.63, 3.8) is 0 Å². The number of H-pyrrole nitrogens is 2. The van der Waals surface area contributed by atoms with Crippen molar-refractivity contribution in [1.82, 2.24) is 14.8 Å². The Balaban J connectivity index is 2.15. The molecule has 1 saturated carbocycles. The van der Waals surface area contributed by atoms with Crippen LogP contribution in [-0.2, 0) is 6.54 Å². The van der Waals surface area contributed by atoms with Crippen molar-refractivity contribution in [2.24, 2.45) is 5.92 Å². The quantitative estimate of drug-likeness (QED) is 0.653. The van der Waals surface area contributed by atoms with E-state index in [1.54, 1.807) is 0 Å². The van der Waals surface area contributed by atoms with E-state index in [1.165, 1.54) is 0 Å². The number of nitrogens with zero attached hydrogens (tertiary/aromatic N) is 1. The topological polar surface area (TPSA) is 90.9 Å². The van der Waals surface area contributed by atoms with E-state index >= 15 is 0 Å². The summed E-state index contributed by atoms with van der Waals surface area (Å²) >= 11 is 0. The Hall–Kier alpha value is -1.30. The molecule has 1 heterocycles. The Kier molecular flexibility index (Phi) is 2.75. The molecule has 2 rings (SSSR count). The van der Waals surface area contributed by atoms with E-state index in [9.17, 15) is 14.7 Å². The van der Waals surface area contributed by atoms with Crippen LogP contribution in [0.4, 0.5) is 0 Å². The van der Waals surface area contributed by atoms with Crippen LogP contribution in [0.2, 0.25) is 0 Å². The van der Waals surface area contributed by atoms with Crippen molar-refractivity contribution >= 4 is 0 Å². The molecule has 1 aromatic heterocycles. The minimum absolute atomic E-state index is 0.0807. The fourth-order valence-electron chi connectivity index (χ4n) is 2.23. The third kappa shape index (κ3) is 2.11. The molecule has 6 heteroatoms. The van der Waals surface area contributed by atoms with Crippen LogP contribution in [0.25, 0.3) is 0 Å². The van der Waals surface area contributed by atoms with Gasteiger partial charge in [0.2, 0.25) is 0 Å². The van der Waals surface area contributed by atoms with Crippen LogP contribution < -0.4 is 11.4 Å². The maximum absolute atomic E-state index is 11.3. The Morgan fingerprint density at radius 3 is 2.31 bits per heavy atom. The van der Waals surface area contributed by atoms with E-state index in [4.69, 9.17) is 0 Å². The summed E-state index contributed by atoms with van der Waals surface area (Å²) in [4.78, 5) is 22.6. The summed E-state index contributed by atoms with van der Waals surface area (Å²) in [7, 11) is 0. The zero-order valence-corrected chi connectivity index (χ0v) is 9.32. The predicted octanol–water partition coefficient (Wildman–Crippen LogP) is -0.194. The van der Waals surface area contributed by atoms with Gasteiger partial charge >= 0.3 is 11.4 Å². The summed E-state index contributed by atoms with van der Waals surface area (Å²) in [5.74, 6) is 0.613. The van der Waals surface area contributed by atoms with Crippen molar-refractivity contribution in [3.8, 4) is 0 Å². The fourth-order valence-corrected chi connectivity index (χ4v) is 2.23. The molecule has 0 aliphatic heterocycles. The lowest BCUT2D eigenvalue weighted by Gasteiger charge is -2.34. The minimum Gasteiger partial charge on any atom is -0.388 e. The molecular formula is C10H17N3O3. The van der Waals surface area contributed by atoms with Gasteiger partial charge in [-0.1, -0.05) is 6.92 Å². The van der Waals surface area contributed by atoms with Crippen LogP contribution in [0.3, 0.4) is 0 Å². The van der Waals surface area contributed by atoms with Crippen LogP contribution in [0.1, 0.15) is 32.6 Å². The van der Waals surface area contributed by atoms with E-state index in [-0.39, 0.29) is 6.54 Å². The molecule has 1 fully saturated rings. The Labute approximate surface area is 92.3 Å². The molecule has 1 aliphatic carbocycles. The average Bonchev–Trinajstić information content (AvgIpc) is 2.55. The summed E-state index contributed by atoms with van der Waals surface area (Å²) in [5, 5.41) is 14.7. The molecule has 1 aliphatic rings. The van der Waals surface area contributed by atoms with Crippen molar-refractivity contribution in [1.29, 1.82) is 0 Å². The average molecular weight is 227 g/mol. The van der Waals surface area contributed by atoms with Gasteiger partial charge in [0.25, 0.3) is 0 Å². The minimum atomic E-state index is -0.911. The molecule has 0 radical (unpaired) electrons. The van der Waals surface area contributed by atoms with E-state index in [1.807, 2.05) is 0 Å². The van der Waals surface area contributed by atoms with Gasteiger partial charge < -0.3 is 5.11 Å². The lowest BCUT2D eigenvalue weighted by Crippen LogP contribution is -2.43. The van der Waals surface area contributed by atoms with Crippen LogP contribution in [0.15, 0.2) is 9.59 Å². The maximum atomic E-state index is 11.3. The van der Waals surface area contributed by atoms with E-state index in [0.717, 1.165) is 17.4 Å². The number of hydrogen-bond donors (Lipinski definition) is 3. The first-order valence-corrected chi connectivity index (χ1v) is 5.60. The highest BCUT2D eigenvalue weighted by Crippen LogP contribution is 2.32. The van der Waals surface area contributed by atoms with Gasteiger partial charge in [-0.3, -0.25) is 0 Å². The van der Waals surface area contributed by atoms with Gasteiger partial charge in [0.05, 0.1) is 12.1 Å². The second-order valence-electron chi connectivity index (χ2n) is 4.85. The molecule has 1 aromatic rings. The summed E-state index contributed by atoms with van der Waals surface area (Å²) < 4.78 is 1.02. The first-order valence-electron chi connectivity index (χ1n) is 5.60. The normalized spacial score (nSPS) is 30.5. The van der Waals surface area contributed by atoms with Crippen LogP contribution >= 0.6 is 0 Å². The van der Waals surface area contributed by atoms with Gasteiger partial charge in [-0.15, -0.1) is 0 Å². The number of rotatable bonds is 2. The van der Waals surface area contributed by atoms with Gasteiger partial charge in [-0.2, -0.15) is 0 Å². The fraction of sp³-hybridized carbons (Fsp3) is 0.800. The van der Waals surface area contributed by atoms with E-state index in [2.05, 4.69) is 17.1 Å². The Bertz CT molecular complexity index is 435. The lowest BCUT2D eigenvalue weighted by atomic mass is 9.79. The summed E-state index contributed by atoms with van der Waals surface area (Å²) in [6.07, 6.45) is 3.16. The first kappa shape index (κ1) is 11.2. The van der Waals surface area contributed by atoms with E-state index < -0.39 is 17.0 Å². The van der Waals surface area contributed by atoms with Crippen molar-refractivity contribution in [2.45, 2.75) is 44.8 Å². The molecule has 0 saturated heterocycles. The molecule has 0 bridgehead atoms. The van der Waals surface area contributed by atoms with Gasteiger partial charge in [0, 0.05) is 0 Å². The Morgan fingerprint density at radius 1 is 1.31 bits per heavy atom. The highest BCUT2D eigenvalue weighted by atomic mass is 16.3. The van der Waals surface area contributed by atoms with E-state index in [0.29, 0.717) is 18.8 Å². The largest absolute Gasteiger partial charge is 0.388 e. The van der Waals surface area contributed by atoms with Gasteiger partial charge in [0.15, 0.2) is 0 Å². The number of nitrogens with one attached hydrogen (secondary N) is 2. The first-order chi connectivity index (χ1) is 7.50.